The second kappa shape index (κ2) is 6.30. The fraction of sp³-hybridized carbons (Fsp3) is 0.474. The molecule has 1 saturated carbocycles. The van der Waals surface area contributed by atoms with E-state index in [9.17, 15) is 9.59 Å². The molecule has 1 N–H and O–H groups in total. The monoisotopic (exact) mass is 328 g/mol. The number of hydrogen-bond acceptors (Lipinski definition) is 3. The van der Waals surface area contributed by atoms with Crippen LogP contribution in [0.15, 0.2) is 35.5 Å². The number of carbonyl (C=O) groups is 2. The number of urea groups is 1. The Labute approximate surface area is 142 Å². The summed E-state index contributed by atoms with van der Waals surface area (Å²) in [6.45, 7) is 6.10. The van der Waals surface area contributed by atoms with Crippen LogP contribution in [-0.2, 0) is 9.53 Å². The van der Waals surface area contributed by atoms with Crippen molar-refractivity contribution in [1.82, 2.24) is 10.2 Å². The van der Waals surface area contributed by atoms with Gasteiger partial charge in [0.05, 0.1) is 18.7 Å². The highest BCUT2D eigenvalue weighted by Gasteiger charge is 2.42. The molecule has 0 aromatic heterocycles. The average Bonchev–Trinajstić information content (AvgIpc) is 3.38. The van der Waals surface area contributed by atoms with Gasteiger partial charge in [-0.2, -0.15) is 0 Å². The first-order valence-corrected chi connectivity index (χ1v) is 8.42. The summed E-state index contributed by atoms with van der Waals surface area (Å²) in [5.74, 6) is 0.0406. The number of nitrogens with one attached hydrogen (secondary N) is 1. The zero-order valence-corrected chi connectivity index (χ0v) is 14.6. The Balaban J connectivity index is 2.01. The molecule has 1 atom stereocenters. The molecule has 1 aromatic carbocycles. The molecule has 1 heterocycles. The van der Waals surface area contributed by atoms with Crippen molar-refractivity contribution in [3.05, 3.63) is 46.7 Å². The number of hydrogen-bond donors (Lipinski definition) is 1. The van der Waals surface area contributed by atoms with Gasteiger partial charge in [0.15, 0.2) is 0 Å². The second-order valence-electron chi connectivity index (χ2n) is 6.80. The number of amides is 2. The van der Waals surface area contributed by atoms with E-state index in [4.69, 9.17) is 4.74 Å². The smallest absolute Gasteiger partial charge is 0.337 e. The van der Waals surface area contributed by atoms with Gasteiger partial charge >= 0.3 is 12.0 Å². The number of rotatable bonds is 4. The first kappa shape index (κ1) is 16.6. The van der Waals surface area contributed by atoms with Crippen LogP contribution in [0.1, 0.15) is 56.7 Å². The lowest BCUT2D eigenvalue weighted by Gasteiger charge is -2.35. The summed E-state index contributed by atoms with van der Waals surface area (Å²) in [5.41, 5.74) is 3.33. The zero-order valence-electron chi connectivity index (χ0n) is 14.6. The Kier molecular flexibility index (Phi) is 4.35. The molecular formula is C19H24N2O3. The van der Waals surface area contributed by atoms with Gasteiger partial charge in [0, 0.05) is 11.7 Å². The fourth-order valence-electron chi connectivity index (χ4n) is 3.23. The van der Waals surface area contributed by atoms with Crippen molar-refractivity contribution in [3.63, 3.8) is 0 Å². The van der Waals surface area contributed by atoms with Gasteiger partial charge in [-0.25, -0.2) is 9.59 Å². The molecule has 2 aliphatic rings. The van der Waals surface area contributed by atoms with Crippen LogP contribution in [-0.4, -0.2) is 30.1 Å². The lowest BCUT2D eigenvalue weighted by atomic mass is 9.92. The summed E-state index contributed by atoms with van der Waals surface area (Å²) in [6.07, 6.45) is 1.96. The molecule has 1 aliphatic carbocycles. The van der Waals surface area contributed by atoms with E-state index < -0.39 is 12.0 Å². The maximum absolute atomic E-state index is 12.5. The van der Waals surface area contributed by atoms with Crippen molar-refractivity contribution < 1.29 is 14.3 Å². The van der Waals surface area contributed by atoms with Gasteiger partial charge in [0.25, 0.3) is 0 Å². The number of benzene rings is 1. The van der Waals surface area contributed by atoms with Crippen LogP contribution in [0.4, 0.5) is 4.79 Å². The second-order valence-corrected chi connectivity index (χ2v) is 6.80. The molecule has 1 fully saturated rings. The highest BCUT2D eigenvalue weighted by atomic mass is 16.5. The van der Waals surface area contributed by atoms with Gasteiger partial charge in [-0.15, -0.1) is 0 Å². The molecule has 24 heavy (non-hydrogen) atoms. The van der Waals surface area contributed by atoms with E-state index in [1.54, 1.807) is 4.90 Å². The number of allylic oxidation sites excluding steroid dienone is 1. The van der Waals surface area contributed by atoms with Crippen molar-refractivity contribution in [3.8, 4) is 0 Å². The van der Waals surface area contributed by atoms with Gasteiger partial charge in [0.1, 0.15) is 0 Å². The molecule has 128 valence electrons. The Morgan fingerprint density at radius 1 is 1.25 bits per heavy atom. The van der Waals surface area contributed by atoms with Gasteiger partial charge in [-0.3, -0.25) is 4.90 Å². The molecule has 0 radical (unpaired) electrons. The SMILES string of the molecule is COC(=O)C1=C(C)N(C2CC2)C(=O)NC1c1ccc(C(C)C)cc1. The van der Waals surface area contributed by atoms with Crippen LogP contribution in [0.5, 0.6) is 0 Å². The van der Waals surface area contributed by atoms with Crippen LogP contribution in [0.3, 0.4) is 0 Å². The lowest BCUT2D eigenvalue weighted by molar-refractivity contribution is -0.136. The van der Waals surface area contributed by atoms with E-state index in [0.717, 1.165) is 18.4 Å². The quantitative estimate of drug-likeness (QED) is 0.861. The minimum Gasteiger partial charge on any atom is -0.466 e. The molecule has 1 aromatic rings. The number of ether oxygens (including phenoxy) is 1. The molecule has 1 unspecified atom stereocenters. The minimum atomic E-state index is -0.471. The maximum Gasteiger partial charge on any atom is 0.337 e. The molecule has 5 nitrogen and oxygen atoms in total. The molecule has 0 spiro atoms. The first-order valence-electron chi connectivity index (χ1n) is 8.42. The maximum atomic E-state index is 12.5. The predicted molar refractivity (Wildman–Crippen MR) is 91.4 cm³/mol. The third kappa shape index (κ3) is 2.90. The molecule has 3 rings (SSSR count). The molecule has 0 saturated heterocycles. The van der Waals surface area contributed by atoms with Crippen molar-refractivity contribution >= 4 is 12.0 Å². The molecule has 2 amide bonds. The van der Waals surface area contributed by atoms with E-state index in [1.165, 1.54) is 12.7 Å². The van der Waals surface area contributed by atoms with Crippen molar-refractivity contribution in [1.29, 1.82) is 0 Å². The summed E-state index contributed by atoms with van der Waals surface area (Å²) < 4.78 is 4.98. The van der Waals surface area contributed by atoms with Gasteiger partial charge < -0.3 is 10.1 Å². The van der Waals surface area contributed by atoms with E-state index >= 15 is 0 Å². The minimum absolute atomic E-state index is 0.138. The summed E-state index contributed by atoms with van der Waals surface area (Å²) in [4.78, 5) is 26.6. The lowest BCUT2D eigenvalue weighted by Crippen LogP contribution is -2.48. The average molecular weight is 328 g/mol. The van der Waals surface area contributed by atoms with Gasteiger partial charge in [0.2, 0.25) is 0 Å². The Morgan fingerprint density at radius 2 is 1.88 bits per heavy atom. The van der Waals surface area contributed by atoms with E-state index in [0.29, 0.717) is 17.2 Å². The Bertz CT molecular complexity index is 687. The van der Waals surface area contributed by atoms with Crippen LogP contribution in [0.2, 0.25) is 0 Å². The first-order chi connectivity index (χ1) is 11.4. The van der Waals surface area contributed by atoms with Crippen LogP contribution in [0, 0.1) is 0 Å². The van der Waals surface area contributed by atoms with Crippen LogP contribution in [0.25, 0.3) is 0 Å². The largest absolute Gasteiger partial charge is 0.466 e. The number of methoxy groups -OCH3 is 1. The van der Waals surface area contributed by atoms with Crippen molar-refractivity contribution in [2.75, 3.05) is 7.11 Å². The third-order valence-corrected chi connectivity index (χ3v) is 4.78. The third-order valence-electron chi connectivity index (χ3n) is 4.78. The number of carbonyl (C=O) groups excluding carboxylic acids is 2. The summed E-state index contributed by atoms with van der Waals surface area (Å²) in [6, 6.07) is 7.63. The number of nitrogens with zero attached hydrogens (tertiary/aromatic N) is 1. The van der Waals surface area contributed by atoms with E-state index in [1.807, 2.05) is 31.2 Å². The number of esters is 1. The highest BCUT2D eigenvalue weighted by molar-refractivity contribution is 5.95. The predicted octanol–water partition coefficient (Wildman–Crippen LogP) is 3.49. The van der Waals surface area contributed by atoms with Gasteiger partial charge in [-0.05, 0) is 36.8 Å². The van der Waals surface area contributed by atoms with E-state index in [-0.39, 0.29) is 12.1 Å². The van der Waals surface area contributed by atoms with Gasteiger partial charge in [-0.1, -0.05) is 38.1 Å². The van der Waals surface area contributed by atoms with Crippen molar-refractivity contribution in [2.24, 2.45) is 0 Å². The topological polar surface area (TPSA) is 58.6 Å². The Morgan fingerprint density at radius 3 is 2.38 bits per heavy atom. The Hall–Kier alpha value is -2.30. The summed E-state index contributed by atoms with van der Waals surface area (Å²) in [7, 11) is 1.37. The summed E-state index contributed by atoms with van der Waals surface area (Å²) >= 11 is 0. The highest BCUT2D eigenvalue weighted by Crippen LogP contribution is 2.38. The van der Waals surface area contributed by atoms with Crippen LogP contribution >= 0.6 is 0 Å². The molecule has 5 heteroatoms. The standard InChI is InChI=1S/C19H24N2O3/c1-11(2)13-5-7-14(8-6-13)17-16(18(22)24-4)12(3)21(15-9-10-15)19(23)20-17/h5-8,11,15,17H,9-10H2,1-4H3,(H,20,23). The fourth-order valence-corrected chi connectivity index (χ4v) is 3.23. The molecule has 0 bridgehead atoms. The molecule has 1 aliphatic heterocycles. The normalized spacial score (nSPS) is 21.1. The van der Waals surface area contributed by atoms with E-state index in [2.05, 4.69) is 19.2 Å². The van der Waals surface area contributed by atoms with Crippen molar-refractivity contribution in [2.45, 2.75) is 51.6 Å². The van der Waals surface area contributed by atoms with Crippen LogP contribution < -0.4 is 5.32 Å². The molecular weight excluding hydrogens is 304 g/mol. The summed E-state index contributed by atoms with van der Waals surface area (Å²) in [5, 5.41) is 2.98. The zero-order chi connectivity index (χ0) is 17.4.